The lowest BCUT2D eigenvalue weighted by Gasteiger charge is -2.37. The minimum atomic E-state index is -0.148. The molecule has 3 aromatic carbocycles. The van der Waals surface area contributed by atoms with E-state index in [4.69, 9.17) is 9.47 Å². The van der Waals surface area contributed by atoms with E-state index in [1.807, 2.05) is 11.0 Å². The number of aryl methyl sites for hydroxylation is 1. The summed E-state index contributed by atoms with van der Waals surface area (Å²) in [5.74, 6) is 1.26. The number of nitrogens with zero attached hydrogens (tertiary/aromatic N) is 1. The van der Waals surface area contributed by atoms with Crippen LogP contribution in [0.2, 0.25) is 0 Å². The van der Waals surface area contributed by atoms with Crippen molar-refractivity contribution in [2.45, 2.75) is 19.4 Å². The number of nitrogens with one attached hydrogen (secondary N) is 1. The predicted molar refractivity (Wildman–Crippen MR) is 118 cm³/mol. The quantitative estimate of drug-likeness (QED) is 0.653. The van der Waals surface area contributed by atoms with Crippen molar-refractivity contribution in [2.75, 3.05) is 26.1 Å². The molecule has 5 nitrogen and oxygen atoms in total. The number of urea groups is 1. The van der Waals surface area contributed by atoms with Gasteiger partial charge < -0.3 is 19.7 Å². The zero-order valence-electron chi connectivity index (χ0n) is 17.5. The number of ether oxygens (including phenoxy) is 2. The Morgan fingerprint density at radius 2 is 1.63 bits per heavy atom. The fourth-order valence-electron chi connectivity index (χ4n) is 3.97. The first-order valence-electron chi connectivity index (χ1n) is 10.0. The summed E-state index contributed by atoms with van der Waals surface area (Å²) in [6.45, 7) is 2.71. The van der Waals surface area contributed by atoms with E-state index in [2.05, 4.69) is 54.7 Å². The first-order valence-corrected chi connectivity index (χ1v) is 10.0. The lowest BCUT2D eigenvalue weighted by Crippen LogP contribution is -2.43. The smallest absolute Gasteiger partial charge is 0.322 e. The van der Waals surface area contributed by atoms with Gasteiger partial charge in [-0.1, -0.05) is 54.1 Å². The number of carbonyl (C=O) groups is 1. The Bertz CT molecular complexity index is 1020. The molecule has 0 spiro atoms. The molecule has 0 unspecified atom stereocenters. The van der Waals surface area contributed by atoms with Gasteiger partial charge in [-0.2, -0.15) is 0 Å². The fourth-order valence-corrected chi connectivity index (χ4v) is 3.97. The molecule has 4 rings (SSSR count). The van der Waals surface area contributed by atoms with Gasteiger partial charge in [0, 0.05) is 30.4 Å². The fraction of sp³-hybridized carbons (Fsp3) is 0.240. The van der Waals surface area contributed by atoms with E-state index in [1.54, 1.807) is 32.4 Å². The lowest BCUT2D eigenvalue weighted by atomic mass is 9.88. The van der Waals surface area contributed by atoms with E-state index in [0.29, 0.717) is 23.7 Å². The van der Waals surface area contributed by atoms with Crippen LogP contribution in [0.3, 0.4) is 0 Å². The van der Waals surface area contributed by atoms with Crippen molar-refractivity contribution in [3.8, 4) is 11.5 Å². The third-order valence-electron chi connectivity index (χ3n) is 5.54. The molecule has 0 aromatic heterocycles. The minimum absolute atomic E-state index is 0.136. The predicted octanol–water partition coefficient (Wildman–Crippen LogP) is 5.19. The molecule has 0 saturated carbocycles. The van der Waals surface area contributed by atoms with E-state index < -0.39 is 0 Å². The highest BCUT2D eigenvalue weighted by atomic mass is 16.5. The van der Waals surface area contributed by atoms with Gasteiger partial charge in [0.2, 0.25) is 0 Å². The van der Waals surface area contributed by atoms with Crippen LogP contribution in [0.4, 0.5) is 10.5 Å². The van der Waals surface area contributed by atoms with Gasteiger partial charge >= 0.3 is 6.03 Å². The van der Waals surface area contributed by atoms with Crippen LogP contribution in [0.1, 0.15) is 28.3 Å². The molecule has 154 valence electrons. The summed E-state index contributed by atoms with van der Waals surface area (Å²) in [6.07, 6.45) is 0.827. The minimum Gasteiger partial charge on any atom is -0.497 e. The first-order chi connectivity index (χ1) is 14.6. The maximum atomic E-state index is 13.4. The third-order valence-corrected chi connectivity index (χ3v) is 5.54. The second kappa shape index (κ2) is 8.49. The van der Waals surface area contributed by atoms with Crippen LogP contribution < -0.4 is 14.8 Å². The van der Waals surface area contributed by atoms with Gasteiger partial charge in [-0.25, -0.2) is 4.79 Å². The molecule has 1 aliphatic heterocycles. The summed E-state index contributed by atoms with van der Waals surface area (Å²) < 4.78 is 10.7. The van der Waals surface area contributed by atoms with E-state index >= 15 is 0 Å². The number of anilines is 1. The second-order valence-corrected chi connectivity index (χ2v) is 7.49. The number of carbonyl (C=O) groups excluding carboxylic acids is 1. The molecule has 0 bridgehead atoms. The van der Waals surface area contributed by atoms with Crippen molar-refractivity contribution in [2.24, 2.45) is 0 Å². The number of fused-ring (bicyclic) bond motifs is 1. The van der Waals surface area contributed by atoms with Crippen molar-refractivity contribution >= 4 is 11.7 Å². The molecular formula is C25H26N2O3. The molecule has 0 aliphatic carbocycles. The third kappa shape index (κ3) is 3.96. The summed E-state index contributed by atoms with van der Waals surface area (Å²) in [6, 6.07) is 21.8. The highest BCUT2D eigenvalue weighted by Gasteiger charge is 2.32. The Balaban J connectivity index is 1.68. The molecule has 1 N–H and O–H groups in total. The SMILES string of the molecule is COc1cc(NC(=O)N2CCc3ccccc3[C@H]2c2ccc(C)cc2)cc(OC)c1. The van der Waals surface area contributed by atoms with E-state index in [1.165, 1.54) is 16.7 Å². The number of amides is 2. The van der Waals surface area contributed by atoms with E-state index in [9.17, 15) is 4.79 Å². The van der Waals surface area contributed by atoms with Crippen molar-refractivity contribution < 1.29 is 14.3 Å². The van der Waals surface area contributed by atoms with Crippen LogP contribution in [0, 0.1) is 6.92 Å². The summed E-state index contributed by atoms with van der Waals surface area (Å²) in [5, 5.41) is 3.03. The number of benzene rings is 3. The molecule has 3 aromatic rings. The van der Waals surface area contributed by atoms with E-state index in [0.717, 1.165) is 12.0 Å². The summed E-state index contributed by atoms with van der Waals surface area (Å²) in [7, 11) is 3.19. The Kier molecular flexibility index (Phi) is 5.61. The molecule has 0 radical (unpaired) electrons. The molecule has 1 heterocycles. The average molecular weight is 402 g/mol. The lowest BCUT2D eigenvalue weighted by molar-refractivity contribution is 0.194. The van der Waals surface area contributed by atoms with Gasteiger partial charge in [-0.3, -0.25) is 0 Å². The zero-order chi connectivity index (χ0) is 21.1. The second-order valence-electron chi connectivity index (χ2n) is 7.49. The maximum absolute atomic E-state index is 13.4. The van der Waals surface area contributed by atoms with Crippen LogP contribution in [0.15, 0.2) is 66.7 Å². The molecule has 0 saturated heterocycles. The largest absolute Gasteiger partial charge is 0.497 e. The van der Waals surface area contributed by atoms with Crippen LogP contribution in [-0.4, -0.2) is 31.7 Å². The van der Waals surface area contributed by atoms with Crippen LogP contribution in [0.25, 0.3) is 0 Å². The molecule has 0 fully saturated rings. The van der Waals surface area contributed by atoms with Crippen molar-refractivity contribution in [3.05, 3.63) is 89.0 Å². The molecular weight excluding hydrogens is 376 g/mol. The van der Waals surface area contributed by atoms with Gasteiger partial charge in [0.05, 0.1) is 20.3 Å². The topological polar surface area (TPSA) is 50.8 Å². The van der Waals surface area contributed by atoms with Gasteiger partial charge in [0.15, 0.2) is 0 Å². The Hall–Kier alpha value is -3.47. The maximum Gasteiger partial charge on any atom is 0.322 e. The molecule has 1 atom stereocenters. The molecule has 2 amide bonds. The summed E-state index contributed by atoms with van der Waals surface area (Å²) in [4.78, 5) is 15.3. The highest BCUT2D eigenvalue weighted by Crippen LogP contribution is 2.36. The Morgan fingerprint density at radius 3 is 2.30 bits per heavy atom. The first kappa shape index (κ1) is 19.8. The number of methoxy groups -OCH3 is 2. The normalized spacial score (nSPS) is 15.3. The highest BCUT2D eigenvalue weighted by molar-refractivity contribution is 5.90. The van der Waals surface area contributed by atoms with Crippen LogP contribution in [0.5, 0.6) is 11.5 Å². The van der Waals surface area contributed by atoms with Gasteiger partial charge in [0.25, 0.3) is 0 Å². The standard InChI is InChI=1S/C25H26N2O3/c1-17-8-10-19(11-9-17)24-23-7-5-4-6-18(23)12-13-27(24)25(28)26-20-14-21(29-2)16-22(15-20)30-3/h4-11,14-16,24H,12-13H2,1-3H3,(H,26,28)/t24-/m1/s1. The Labute approximate surface area is 177 Å². The zero-order valence-corrected chi connectivity index (χ0v) is 17.5. The van der Waals surface area contributed by atoms with Gasteiger partial charge in [0.1, 0.15) is 11.5 Å². The number of rotatable bonds is 4. The van der Waals surface area contributed by atoms with Crippen LogP contribution in [-0.2, 0) is 6.42 Å². The summed E-state index contributed by atoms with van der Waals surface area (Å²) >= 11 is 0. The van der Waals surface area contributed by atoms with E-state index in [-0.39, 0.29) is 12.1 Å². The Morgan fingerprint density at radius 1 is 0.967 bits per heavy atom. The van der Waals surface area contributed by atoms with Crippen molar-refractivity contribution in [1.29, 1.82) is 0 Å². The van der Waals surface area contributed by atoms with Gasteiger partial charge in [-0.05, 0) is 30.0 Å². The van der Waals surface area contributed by atoms with Gasteiger partial charge in [-0.15, -0.1) is 0 Å². The van der Waals surface area contributed by atoms with Crippen molar-refractivity contribution in [3.63, 3.8) is 0 Å². The molecule has 30 heavy (non-hydrogen) atoms. The monoisotopic (exact) mass is 402 g/mol. The summed E-state index contributed by atoms with van der Waals surface area (Å²) in [5.41, 5.74) is 5.40. The molecule has 1 aliphatic rings. The molecule has 5 heteroatoms. The number of hydrogen-bond acceptors (Lipinski definition) is 3. The van der Waals surface area contributed by atoms with Crippen molar-refractivity contribution in [1.82, 2.24) is 4.90 Å². The average Bonchev–Trinajstić information content (AvgIpc) is 2.78. The number of hydrogen-bond donors (Lipinski definition) is 1. The van der Waals surface area contributed by atoms with Crippen LogP contribution >= 0.6 is 0 Å².